The second kappa shape index (κ2) is 6.88. The van der Waals surface area contributed by atoms with Crippen LogP contribution in [0.2, 0.25) is 0 Å². The zero-order chi connectivity index (χ0) is 15.3. The third kappa shape index (κ3) is 3.69. The number of methoxy groups -OCH3 is 1. The van der Waals surface area contributed by atoms with Crippen molar-refractivity contribution in [2.24, 2.45) is 0 Å². The van der Waals surface area contributed by atoms with E-state index in [-0.39, 0.29) is 17.8 Å². The first kappa shape index (κ1) is 15.9. The molecule has 0 saturated heterocycles. The maximum atomic E-state index is 13.6. The quantitative estimate of drug-likeness (QED) is 0.659. The SMILES string of the molecule is CCCN(CC(=O)OC)C(=O)c1cc(N)c(C)c(F)c1. The van der Waals surface area contributed by atoms with Gasteiger partial charge in [-0.25, -0.2) is 4.39 Å². The number of halogens is 1. The highest BCUT2D eigenvalue weighted by Crippen LogP contribution is 2.19. The molecule has 0 aromatic heterocycles. The lowest BCUT2D eigenvalue weighted by molar-refractivity contribution is -0.141. The minimum Gasteiger partial charge on any atom is -0.468 e. The number of ether oxygens (including phenoxy) is 1. The Morgan fingerprint density at radius 1 is 1.40 bits per heavy atom. The molecule has 110 valence electrons. The van der Waals surface area contributed by atoms with Crippen molar-refractivity contribution >= 4 is 17.6 Å². The smallest absolute Gasteiger partial charge is 0.325 e. The lowest BCUT2D eigenvalue weighted by Crippen LogP contribution is -2.36. The predicted molar refractivity (Wildman–Crippen MR) is 73.8 cm³/mol. The highest BCUT2D eigenvalue weighted by Gasteiger charge is 2.20. The highest BCUT2D eigenvalue weighted by molar-refractivity contribution is 5.97. The fraction of sp³-hybridized carbons (Fsp3) is 0.429. The van der Waals surface area contributed by atoms with Crippen molar-refractivity contribution in [2.75, 3.05) is 25.9 Å². The van der Waals surface area contributed by atoms with Gasteiger partial charge in [0.25, 0.3) is 5.91 Å². The van der Waals surface area contributed by atoms with E-state index >= 15 is 0 Å². The van der Waals surface area contributed by atoms with Gasteiger partial charge in [0.1, 0.15) is 12.4 Å². The molecular formula is C14H19FN2O3. The predicted octanol–water partition coefficient (Wildman–Crippen LogP) is 1.74. The summed E-state index contributed by atoms with van der Waals surface area (Å²) in [6, 6.07) is 2.55. The normalized spacial score (nSPS) is 10.2. The van der Waals surface area contributed by atoms with Crippen molar-refractivity contribution in [1.82, 2.24) is 4.90 Å². The summed E-state index contributed by atoms with van der Waals surface area (Å²) in [5.74, 6) is -1.50. The van der Waals surface area contributed by atoms with Crippen LogP contribution in [-0.2, 0) is 9.53 Å². The van der Waals surface area contributed by atoms with Gasteiger partial charge in [-0.15, -0.1) is 0 Å². The fourth-order valence-electron chi connectivity index (χ4n) is 1.75. The number of benzene rings is 1. The summed E-state index contributed by atoms with van der Waals surface area (Å²) in [4.78, 5) is 24.9. The Morgan fingerprint density at radius 3 is 2.55 bits per heavy atom. The summed E-state index contributed by atoms with van der Waals surface area (Å²) in [6.07, 6.45) is 0.673. The molecule has 0 radical (unpaired) electrons. The van der Waals surface area contributed by atoms with E-state index in [0.29, 0.717) is 18.5 Å². The first-order valence-corrected chi connectivity index (χ1v) is 6.32. The molecular weight excluding hydrogens is 263 g/mol. The lowest BCUT2D eigenvalue weighted by atomic mass is 10.1. The monoisotopic (exact) mass is 282 g/mol. The van der Waals surface area contributed by atoms with Gasteiger partial charge in [0.15, 0.2) is 0 Å². The summed E-state index contributed by atoms with van der Waals surface area (Å²) in [6.45, 7) is 3.63. The summed E-state index contributed by atoms with van der Waals surface area (Å²) in [5, 5.41) is 0. The van der Waals surface area contributed by atoms with E-state index in [1.165, 1.54) is 25.0 Å². The van der Waals surface area contributed by atoms with Crippen molar-refractivity contribution in [3.8, 4) is 0 Å². The van der Waals surface area contributed by atoms with Gasteiger partial charge in [0.05, 0.1) is 7.11 Å². The number of esters is 1. The van der Waals surface area contributed by atoms with Crippen molar-refractivity contribution < 1.29 is 18.7 Å². The third-order valence-electron chi connectivity index (χ3n) is 2.96. The van der Waals surface area contributed by atoms with Crippen LogP contribution in [0.1, 0.15) is 29.3 Å². The molecule has 6 heteroatoms. The first-order valence-electron chi connectivity index (χ1n) is 6.32. The number of carbonyl (C=O) groups is 2. The molecule has 0 spiro atoms. The third-order valence-corrected chi connectivity index (χ3v) is 2.96. The molecule has 1 aromatic carbocycles. The van der Waals surface area contributed by atoms with E-state index in [4.69, 9.17) is 5.73 Å². The molecule has 1 rings (SSSR count). The van der Waals surface area contributed by atoms with Gasteiger partial charge in [-0.2, -0.15) is 0 Å². The van der Waals surface area contributed by atoms with Gasteiger partial charge in [-0.3, -0.25) is 9.59 Å². The summed E-state index contributed by atoms with van der Waals surface area (Å²) in [7, 11) is 1.25. The second-order valence-corrected chi connectivity index (χ2v) is 4.48. The Labute approximate surface area is 117 Å². The zero-order valence-corrected chi connectivity index (χ0v) is 11.9. The Kier molecular flexibility index (Phi) is 5.49. The zero-order valence-electron chi connectivity index (χ0n) is 11.9. The van der Waals surface area contributed by atoms with Gasteiger partial charge in [-0.05, 0) is 25.5 Å². The van der Waals surface area contributed by atoms with Crippen LogP contribution >= 0.6 is 0 Å². The van der Waals surface area contributed by atoms with Crippen LogP contribution in [0.4, 0.5) is 10.1 Å². The van der Waals surface area contributed by atoms with Gasteiger partial charge >= 0.3 is 5.97 Å². The van der Waals surface area contributed by atoms with Crippen LogP contribution in [-0.4, -0.2) is 37.0 Å². The van der Waals surface area contributed by atoms with Crippen LogP contribution in [0, 0.1) is 12.7 Å². The Bertz CT molecular complexity index is 494. The number of amides is 1. The maximum absolute atomic E-state index is 13.6. The minimum atomic E-state index is -0.539. The minimum absolute atomic E-state index is 0.128. The van der Waals surface area contributed by atoms with Gasteiger partial charge in [0.2, 0.25) is 0 Å². The van der Waals surface area contributed by atoms with Crippen molar-refractivity contribution in [2.45, 2.75) is 20.3 Å². The Morgan fingerprint density at radius 2 is 2.05 bits per heavy atom. The van der Waals surface area contributed by atoms with Crippen molar-refractivity contribution in [1.29, 1.82) is 0 Å². The number of nitrogens with zero attached hydrogens (tertiary/aromatic N) is 1. The molecule has 0 atom stereocenters. The molecule has 0 heterocycles. The van der Waals surface area contributed by atoms with Crippen LogP contribution in [0.5, 0.6) is 0 Å². The largest absolute Gasteiger partial charge is 0.468 e. The maximum Gasteiger partial charge on any atom is 0.325 e. The molecule has 1 aromatic rings. The molecule has 1 amide bonds. The molecule has 0 aliphatic carbocycles. The van der Waals surface area contributed by atoms with E-state index in [0.717, 1.165) is 6.07 Å². The Balaban J connectivity index is 3.03. The van der Waals surface area contributed by atoms with Crippen LogP contribution in [0.3, 0.4) is 0 Å². The molecule has 0 aliphatic heterocycles. The molecule has 0 unspecified atom stereocenters. The molecule has 0 saturated carbocycles. The van der Waals surface area contributed by atoms with Gasteiger partial charge in [-0.1, -0.05) is 6.92 Å². The van der Waals surface area contributed by atoms with E-state index in [1.807, 2.05) is 6.92 Å². The van der Waals surface area contributed by atoms with Crippen molar-refractivity contribution in [3.63, 3.8) is 0 Å². The van der Waals surface area contributed by atoms with E-state index < -0.39 is 17.7 Å². The van der Waals surface area contributed by atoms with Crippen LogP contribution in [0.25, 0.3) is 0 Å². The number of anilines is 1. The van der Waals surface area contributed by atoms with E-state index in [9.17, 15) is 14.0 Å². The molecule has 2 N–H and O–H groups in total. The topological polar surface area (TPSA) is 72.6 Å². The lowest BCUT2D eigenvalue weighted by Gasteiger charge is -2.21. The number of nitrogen functional groups attached to an aromatic ring is 1. The average Bonchev–Trinajstić information content (AvgIpc) is 2.42. The summed E-state index contributed by atoms with van der Waals surface area (Å²) >= 11 is 0. The van der Waals surface area contributed by atoms with Gasteiger partial charge in [0, 0.05) is 23.4 Å². The molecule has 0 aliphatic rings. The standard InChI is InChI=1S/C14H19FN2O3/c1-4-5-17(8-13(18)20-3)14(19)10-6-11(15)9(2)12(16)7-10/h6-7H,4-5,8,16H2,1-3H3. The highest BCUT2D eigenvalue weighted by atomic mass is 19.1. The second-order valence-electron chi connectivity index (χ2n) is 4.48. The number of hydrogen-bond acceptors (Lipinski definition) is 4. The van der Waals surface area contributed by atoms with Gasteiger partial charge < -0.3 is 15.4 Å². The van der Waals surface area contributed by atoms with E-state index in [1.54, 1.807) is 0 Å². The van der Waals surface area contributed by atoms with Crippen LogP contribution < -0.4 is 5.73 Å². The van der Waals surface area contributed by atoms with Crippen LogP contribution in [0.15, 0.2) is 12.1 Å². The summed E-state index contributed by atoms with van der Waals surface area (Å²) in [5.41, 5.74) is 6.30. The number of nitrogens with two attached hydrogens (primary N) is 1. The number of hydrogen-bond donors (Lipinski definition) is 1. The number of carbonyl (C=O) groups excluding carboxylic acids is 2. The Hall–Kier alpha value is -2.11. The molecule has 0 bridgehead atoms. The molecule has 20 heavy (non-hydrogen) atoms. The summed E-state index contributed by atoms with van der Waals surface area (Å²) < 4.78 is 18.2. The van der Waals surface area contributed by atoms with Crippen molar-refractivity contribution in [3.05, 3.63) is 29.1 Å². The average molecular weight is 282 g/mol. The molecule has 0 fully saturated rings. The molecule has 5 nitrogen and oxygen atoms in total. The fourth-order valence-corrected chi connectivity index (χ4v) is 1.75. The van der Waals surface area contributed by atoms with E-state index in [2.05, 4.69) is 4.74 Å². The number of rotatable bonds is 5. The first-order chi connectivity index (χ1) is 9.40.